The first-order valence-electron chi connectivity index (χ1n) is 12.0. The lowest BCUT2D eigenvalue weighted by molar-refractivity contribution is -0.116. The minimum absolute atomic E-state index is 0.0212. The molecule has 208 valence electrons. The Labute approximate surface area is 231 Å². The van der Waals surface area contributed by atoms with Crippen LogP contribution in [0.3, 0.4) is 0 Å². The number of ether oxygens (including phenoxy) is 1. The second-order valence-corrected chi connectivity index (χ2v) is 9.15. The Hall–Kier alpha value is -5.91. The molecular formula is C29H22N2O10. The molecule has 1 aliphatic heterocycles. The topological polar surface area (TPSA) is 197 Å². The van der Waals surface area contributed by atoms with Crippen molar-refractivity contribution >= 4 is 40.6 Å². The Balaban J connectivity index is 1.51. The molecule has 12 nitrogen and oxygen atoms in total. The second kappa shape index (κ2) is 10.0. The van der Waals surface area contributed by atoms with Crippen molar-refractivity contribution in [1.82, 2.24) is 0 Å². The molecule has 7 N–H and O–H groups in total. The van der Waals surface area contributed by atoms with Crippen LogP contribution in [0.2, 0.25) is 0 Å². The highest BCUT2D eigenvalue weighted by molar-refractivity contribution is 6.09. The monoisotopic (exact) mass is 558 g/mol. The average Bonchev–Trinajstić information content (AvgIpc) is 3.25. The summed E-state index contributed by atoms with van der Waals surface area (Å²) in [5, 5.41) is 65.5. The predicted molar refractivity (Wildman–Crippen MR) is 146 cm³/mol. The zero-order valence-electron chi connectivity index (χ0n) is 21.2. The van der Waals surface area contributed by atoms with Crippen molar-refractivity contribution in [3.05, 3.63) is 77.4 Å². The standard InChI is InChI=1S/C29H22N2O10/c1-41-29(40)15-4-5-20(32)18(6-15)30-16-9-21(33)26(22(34)10-16)27-23(35)11-17(12-24(27)36)31-19-7-14(28(38)39)3-2-13(19)8-25(31)37/h2-7,9-12,30,32-36H,8H2,1H3,(H,38,39). The number of anilines is 4. The van der Waals surface area contributed by atoms with Crippen LogP contribution in [0.15, 0.2) is 60.7 Å². The number of esters is 1. The lowest BCUT2D eigenvalue weighted by Gasteiger charge is -2.21. The average molecular weight is 558 g/mol. The quantitative estimate of drug-likeness (QED) is 0.131. The molecule has 0 saturated carbocycles. The number of aromatic hydroxyl groups is 5. The number of carbonyl (C=O) groups excluding carboxylic acids is 2. The Morgan fingerprint density at radius 3 is 1.95 bits per heavy atom. The van der Waals surface area contributed by atoms with Gasteiger partial charge in [0.1, 0.15) is 28.7 Å². The van der Waals surface area contributed by atoms with Gasteiger partial charge in [0.15, 0.2) is 0 Å². The number of carbonyl (C=O) groups is 3. The van der Waals surface area contributed by atoms with Crippen molar-refractivity contribution in [3.63, 3.8) is 0 Å². The summed E-state index contributed by atoms with van der Waals surface area (Å²) >= 11 is 0. The molecule has 0 radical (unpaired) electrons. The first-order valence-corrected chi connectivity index (χ1v) is 12.0. The molecule has 0 unspecified atom stereocenters. The molecule has 0 aliphatic carbocycles. The van der Waals surface area contributed by atoms with Crippen molar-refractivity contribution in [2.75, 3.05) is 17.3 Å². The van der Waals surface area contributed by atoms with Gasteiger partial charge in [-0.2, -0.15) is 0 Å². The number of nitrogens with one attached hydrogen (secondary N) is 1. The first-order chi connectivity index (χ1) is 19.5. The molecule has 41 heavy (non-hydrogen) atoms. The summed E-state index contributed by atoms with van der Waals surface area (Å²) in [5.74, 6) is -4.81. The maximum absolute atomic E-state index is 12.8. The first kappa shape index (κ1) is 26.7. The summed E-state index contributed by atoms with van der Waals surface area (Å²) in [4.78, 5) is 37.2. The van der Waals surface area contributed by atoms with E-state index in [1.54, 1.807) is 0 Å². The fourth-order valence-electron chi connectivity index (χ4n) is 4.67. The molecule has 12 heteroatoms. The molecule has 5 rings (SSSR count). The van der Waals surface area contributed by atoms with E-state index in [0.29, 0.717) is 5.56 Å². The van der Waals surface area contributed by atoms with E-state index >= 15 is 0 Å². The molecule has 0 aromatic heterocycles. The number of hydrogen-bond acceptors (Lipinski definition) is 10. The minimum atomic E-state index is -1.19. The van der Waals surface area contributed by atoms with Gasteiger partial charge in [0, 0.05) is 30.0 Å². The maximum atomic E-state index is 12.8. The number of carboxylic acid groups (broad SMARTS) is 1. The Bertz CT molecular complexity index is 1720. The zero-order valence-corrected chi connectivity index (χ0v) is 21.2. The highest BCUT2D eigenvalue weighted by atomic mass is 16.5. The van der Waals surface area contributed by atoms with E-state index in [9.17, 15) is 45.0 Å². The largest absolute Gasteiger partial charge is 0.507 e. The molecule has 0 bridgehead atoms. The van der Waals surface area contributed by atoms with Crippen LogP contribution < -0.4 is 10.2 Å². The number of methoxy groups -OCH3 is 1. The third-order valence-electron chi connectivity index (χ3n) is 6.55. The third-order valence-corrected chi connectivity index (χ3v) is 6.55. The Morgan fingerprint density at radius 2 is 1.37 bits per heavy atom. The minimum Gasteiger partial charge on any atom is -0.507 e. The van der Waals surface area contributed by atoms with Crippen LogP contribution in [0.5, 0.6) is 28.7 Å². The molecule has 1 amide bonds. The van der Waals surface area contributed by atoms with Gasteiger partial charge in [-0.15, -0.1) is 0 Å². The summed E-state index contributed by atoms with van der Waals surface area (Å²) in [5.41, 5.74) is 0.442. The zero-order chi connectivity index (χ0) is 29.6. The van der Waals surface area contributed by atoms with E-state index in [-0.39, 0.29) is 57.2 Å². The van der Waals surface area contributed by atoms with Gasteiger partial charge in [-0.3, -0.25) is 9.69 Å². The molecule has 4 aromatic carbocycles. The summed E-state index contributed by atoms with van der Waals surface area (Å²) in [6.07, 6.45) is -0.0212. The Kier molecular flexibility index (Phi) is 6.51. The summed E-state index contributed by atoms with van der Waals surface area (Å²) in [7, 11) is 1.20. The van der Waals surface area contributed by atoms with Crippen LogP contribution in [0.25, 0.3) is 11.1 Å². The van der Waals surface area contributed by atoms with Crippen molar-refractivity contribution in [2.24, 2.45) is 0 Å². The number of phenols is 5. The SMILES string of the molecule is COC(=O)c1ccc(O)c(Nc2cc(O)c(-c3c(O)cc(N4C(=O)Cc5ccc(C(=O)O)cc54)cc3O)c(O)c2)c1. The van der Waals surface area contributed by atoms with Gasteiger partial charge in [0.2, 0.25) is 5.91 Å². The van der Waals surface area contributed by atoms with Crippen LogP contribution in [0.1, 0.15) is 26.3 Å². The van der Waals surface area contributed by atoms with Crippen LogP contribution in [0.4, 0.5) is 22.7 Å². The molecule has 4 aromatic rings. The molecular weight excluding hydrogens is 536 g/mol. The molecule has 1 aliphatic rings. The van der Waals surface area contributed by atoms with Crippen molar-refractivity contribution in [2.45, 2.75) is 6.42 Å². The van der Waals surface area contributed by atoms with Gasteiger partial charge < -0.3 is 40.7 Å². The number of rotatable bonds is 6. The number of amides is 1. The molecule has 0 saturated heterocycles. The van der Waals surface area contributed by atoms with E-state index < -0.39 is 40.8 Å². The second-order valence-electron chi connectivity index (χ2n) is 9.15. The lowest BCUT2D eigenvalue weighted by atomic mass is 9.99. The fraction of sp³-hybridized carbons (Fsp3) is 0.0690. The fourth-order valence-corrected chi connectivity index (χ4v) is 4.67. The third kappa shape index (κ3) is 4.74. The highest BCUT2D eigenvalue weighted by Gasteiger charge is 2.31. The molecule has 1 heterocycles. The smallest absolute Gasteiger partial charge is 0.337 e. The van der Waals surface area contributed by atoms with Gasteiger partial charge in [-0.05, 0) is 35.9 Å². The predicted octanol–water partition coefficient (Wildman–Crippen LogP) is 4.33. The van der Waals surface area contributed by atoms with E-state index in [1.165, 1.54) is 43.5 Å². The molecule has 0 fully saturated rings. The van der Waals surface area contributed by atoms with Gasteiger partial charge >= 0.3 is 11.9 Å². The number of fused-ring (bicyclic) bond motifs is 1. The Morgan fingerprint density at radius 1 is 0.780 bits per heavy atom. The number of benzene rings is 4. The van der Waals surface area contributed by atoms with Crippen LogP contribution >= 0.6 is 0 Å². The van der Waals surface area contributed by atoms with Crippen molar-refractivity contribution < 1.29 is 49.8 Å². The lowest BCUT2D eigenvalue weighted by Crippen LogP contribution is -2.21. The number of aromatic carboxylic acids is 1. The van der Waals surface area contributed by atoms with Crippen molar-refractivity contribution in [1.29, 1.82) is 0 Å². The van der Waals surface area contributed by atoms with Gasteiger partial charge in [0.25, 0.3) is 0 Å². The van der Waals surface area contributed by atoms with E-state index in [0.717, 1.165) is 29.2 Å². The highest BCUT2D eigenvalue weighted by Crippen LogP contribution is 2.50. The molecule has 0 atom stereocenters. The molecule has 0 spiro atoms. The summed E-state index contributed by atoms with van der Waals surface area (Å²) < 4.78 is 4.66. The van der Waals surface area contributed by atoms with Gasteiger partial charge in [-0.25, -0.2) is 9.59 Å². The van der Waals surface area contributed by atoms with Crippen LogP contribution in [-0.2, 0) is 16.0 Å². The normalized spacial score (nSPS) is 12.2. The maximum Gasteiger partial charge on any atom is 0.337 e. The van der Waals surface area contributed by atoms with E-state index in [1.807, 2.05) is 0 Å². The van der Waals surface area contributed by atoms with Gasteiger partial charge in [-0.1, -0.05) is 6.07 Å². The number of phenolic OH excluding ortho intramolecular Hbond substituents is 5. The van der Waals surface area contributed by atoms with Crippen LogP contribution in [-0.4, -0.2) is 55.6 Å². The van der Waals surface area contributed by atoms with E-state index in [4.69, 9.17) is 0 Å². The van der Waals surface area contributed by atoms with Crippen molar-refractivity contribution in [3.8, 4) is 39.9 Å². The van der Waals surface area contributed by atoms with Crippen LogP contribution in [0, 0.1) is 0 Å². The number of hydrogen-bond donors (Lipinski definition) is 7. The number of nitrogens with zero attached hydrogens (tertiary/aromatic N) is 1. The van der Waals surface area contributed by atoms with Gasteiger partial charge in [0.05, 0.1) is 52.8 Å². The summed E-state index contributed by atoms with van der Waals surface area (Å²) in [6, 6.07) is 12.7. The summed E-state index contributed by atoms with van der Waals surface area (Å²) in [6.45, 7) is 0. The number of carboxylic acids is 1. The van der Waals surface area contributed by atoms with E-state index in [2.05, 4.69) is 10.1 Å².